The SMILES string of the molecule is Cc1nc2cc(C(=O)OCC(=O)NC(C)C)ccc2n1-c1ccccc1. The smallest absolute Gasteiger partial charge is 0.338 e. The number of esters is 1. The van der Waals surface area contributed by atoms with Crippen molar-refractivity contribution in [3.63, 3.8) is 0 Å². The van der Waals surface area contributed by atoms with Gasteiger partial charge in [-0.1, -0.05) is 18.2 Å². The zero-order chi connectivity index (χ0) is 18.7. The highest BCUT2D eigenvalue weighted by Crippen LogP contribution is 2.22. The zero-order valence-corrected chi connectivity index (χ0v) is 15.0. The van der Waals surface area contributed by atoms with E-state index < -0.39 is 5.97 Å². The number of ether oxygens (including phenoxy) is 1. The van der Waals surface area contributed by atoms with E-state index in [1.54, 1.807) is 12.1 Å². The lowest BCUT2D eigenvalue weighted by Crippen LogP contribution is -2.33. The molecule has 0 unspecified atom stereocenters. The number of carbonyl (C=O) groups is 2. The Labute approximate surface area is 151 Å². The minimum absolute atomic E-state index is 0.00229. The summed E-state index contributed by atoms with van der Waals surface area (Å²) in [5.74, 6) is -0.0376. The summed E-state index contributed by atoms with van der Waals surface area (Å²) in [4.78, 5) is 28.3. The molecule has 2 aromatic carbocycles. The molecule has 3 rings (SSSR count). The van der Waals surface area contributed by atoms with Crippen LogP contribution < -0.4 is 5.32 Å². The first-order valence-electron chi connectivity index (χ1n) is 8.46. The van der Waals surface area contributed by atoms with Crippen LogP contribution in [0.15, 0.2) is 48.5 Å². The molecule has 0 saturated carbocycles. The van der Waals surface area contributed by atoms with Crippen LogP contribution in [0.25, 0.3) is 16.7 Å². The van der Waals surface area contributed by atoms with Gasteiger partial charge >= 0.3 is 5.97 Å². The number of para-hydroxylation sites is 1. The van der Waals surface area contributed by atoms with Gasteiger partial charge in [0.15, 0.2) is 6.61 Å². The monoisotopic (exact) mass is 351 g/mol. The van der Waals surface area contributed by atoms with Crippen LogP contribution in [0.1, 0.15) is 30.0 Å². The van der Waals surface area contributed by atoms with E-state index in [2.05, 4.69) is 10.3 Å². The molecule has 0 aliphatic rings. The highest BCUT2D eigenvalue weighted by molar-refractivity contribution is 5.95. The van der Waals surface area contributed by atoms with Crippen LogP contribution in [0.2, 0.25) is 0 Å². The summed E-state index contributed by atoms with van der Waals surface area (Å²) >= 11 is 0. The third kappa shape index (κ3) is 3.74. The maximum Gasteiger partial charge on any atom is 0.338 e. The molecule has 0 bridgehead atoms. The Hall–Kier alpha value is -3.15. The van der Waals surface area contributed by atoms with Gasteiger partial charge in [0.1, 0.15) is 5.82 Å². The second-order valence-corrected chi connectivity index (χ2v) is 6.33. The number of nitrogens with one attached hydrogen (secondary N) is 1. The minimum atomic E-state index is -0.544. The Kier molecular flexibility index (Phi) is 5.02. The maximum atomic E-state index is 12.2. The van der Waals surface area contributed by atoms with Crippen LogP contribution in [0, 0.1) is 6.92 Å². The number of aryl methyl sites for hydroxylation is 1. The summed E-state index contributed by atoms with van der Waals surface area (Å²) in [6, 6.07) is 15.1. The molecule has 26 heavy (non-hydrogen) atoms. The van der Waals surface area contributed by atoms with Crippen LogP contribution in [-0.4, -0.2) is 34.1 Å². The standard InChI is InChI=1S/C20H21N3O3/c1-13(2)21-19(24)12-26-20(25)15-9-10-18-17(11-15)22-14(3)23(18)16-7-5-4-6-8-16/h4-11,13H,12H2,1-3H3,(H,21,24). The van der Waals surface area contributed by atoms with E-state index in [1.807, 2.05) is 61.7 Å². The molecule has 0 spiro atoms. The number of benzene rings is 2. The van der Waals surface area contributed by atoms with Crippen molar-refractivity contribution in [3.05, 3.63) is 59.9 Å². The van der Waals surface area contributed by atoms with Crippen molar-refractivity contribution < 1.29 is 14.3 Å². The lowest BCUT2D eigenvalue weighted by Gasteiger charge is -2.09. The highest BCUT2D eigenvalue weighted by atomic mass is 16.5. The number of hydrogen-bond donors (Lipinski definition) is 1. The molecule has 1 amide bonds. The van der Waals surface area contributed by atoms with Crippen molar-refractivity contribution in [2.45, 2.75) is 26.8 Å². The average Bonchev–Trinajstić information content (AvgIpc) is 2.94. The largest absolute Gasteiger partial charge is 0.452 e. The van der Waals surface area contributed by atoms with Gasteiger partial charge < -0.3 is 10.1 Å². The Morgan fingerprint density at radius 2 is 1.88 bits per heavy atom. The second-order valence-electron chi connectivity index (χ2n) is 6.33. The number of aromatic nitrogens is 2. The zero-order valence-electron chi connectivity index (χ0n) is 15.0. The lowest BCUT2D eigenvalue weighted by molar-refractivity contribution is -0.124. The van der Waals surface area contributed by atoms with E-state index in [9.17, 15) is 9.59 Å². The molecule has 0 radical (unpaired) electrons. The van der Waals surface area contributed by atoms with Gasteiger partial charge in [-0.25, -0.2) is 9.78 Å². The fourth-order valence-corrected chi connectivity index (χ4v) is 2.81. The lowest BCUT2D eigenvalue weighted by atomic mass is 10.2. The minimum Gasteiger partial charge on any atom is -0.452 e. The number of carbonyl (C=O) groups excluding carboxylic acids is 2. The van der Waals surface area contributed by atoms with Gasteiger partial charge in [-0.2, -0.15) is 0 Å². The van der Waals surface area contributed by atoms with E-state index in [0.29, 0.717) is 11.1 Å². The van der Waals surface area contributed by atoms with Crippen molar-refractivity contribution in [2.75, 3.05) is 6.61 Å². The van der Waals surface area contributed by atoms with Crippen LogP contribution in [-0.2, 0) is 9.53 Å². The average molecular weight is 351 g/mol. The van der Waals surface area contributed by atoms with Crippen LogP contribution in [0.3, 0.4) is 0 Å². The van der Waals surface area contributed by atoms with Crippen molar-refractivity contribution in [1.29, 1.82) is 0 Å². The third-order valence-corrected chi connectivity index (χ3v) is 3.86. The predicted molar refractivity (Wildman–Crippen MR) is 99.4 cm³/mol. The first-order chi connectivity index (χ1) is 12.5. The van der Waals surface area contributed by atoms with E-state index >= 15 is 0 Å². The Balaban J connectivity index is 1.82. The normalized spacial score (nSPS) is 10.9. The van der Waals surface area contributed by atoms with E-state index in [1.165, 1.54) is 0 Å². The molecular weight excluding hydrogens is 330 g/mol. The quantitative estimate of drug-likeness (QED) is 0.717. The number of hydrogen-bond acceptors (Lipinski definition) is 4. The van der Waals surface area contributed by atoms with Gasteiger partial charge in [-0.15, -0.1) is 0 Å². The molecule has 1 aromatic heterocycles. The molecule has 0 saturated heterocycles. The molecule has 3 aromatic rings. The summed E-state index contributed by atoms with van der Waals surface area (Å²) in [5.41, 5.74) is 2.98. The first kappa shape index (κ1) is 17.7. The topological polar surface area (TPSA) is 73.2 Å². The molecule has 1 heterocycles. The molecule has 1 N–H and O–H groups in total. The Bertz CT molecular complexity index is 946. The summed E-state index contributed by atoms with van der Waals surface area (Å²) in [6.45, 7) is 5.31. The van der Waals surface area contributed by atoms with Gasteiger partial charge in [0.2, 0.25) is 0 Å². The van der Waals surface area contributed by atoms with Crippen molar-refractivity contribution in [2.24, 2.45) is 0 Å². The summed E-state index contributed by atoms with van der Waals surface area (Å²) in [6.07, 6.45) is 0. The van der Waals surface area contributed by atoms with Gasteiger partial charge in [-0.05, 0) is 51.1 Å². The molecule has 0 aliphatic carbocycles. The third-order valence-electron chi connectivity index (χ3n) is 3.86. The van der Waals surface area contributed by atoms with E-state index in [-0.39, 0.29) is 18.6 Å². The molecule has 0 fully saturated rings. The summed E-state index contributed by atoms with van der Waals surface area (Å²) in [5, 5.41) is 2.68. The molecular formula is C20H21N3O3. The van der Waals surface area contributed by atoms with Crippen LogP contribution in [0.4, 0.5) is 0 Å². The predicted octanol–water partition coefficient (Wildman–Crippen LogP) is 3.02. The summed E-state index contributed by atoms with van der Waals surface area (Å²) in [7, 11) is 0. The van der Waals surface area contributed by atoms with Crippen LogP contribution in [0.5, 0.6) is 0 Å². The van der Waals surface area contributed by atoms with Crippen molar-refractivity contribution >= 4 is 22.9 Å². The molecule has 6 heteroatoms. The number of fused-ring (bicyclic) bond motifs is 1. The Morgan fingerprint density at radius 1 is 1.15 bits per heavy atom. The fourth-order valence-electron chi connectivity index (χ4n) is 2.81. The number of nitrogens with zero attached hydrogens (tertiary/aromatic N) is 2. The van der Waals surface area contributed by atoms with Gasteiger partial charge in [0.05, 0.1) is 16.6 Å². The Morgan fingerprint density at radius 3 is 2.58 bits per heavy atom. The van der Waals surface area contributed by atoms with E-state index in [0.717, 1.165) is 17.0 Å². The first-order valence-corrected chi connectivity index (χ1v) is 8.46. The van der Waals surface area contributed by atoms with Gasteiger partial charge in [0, 0.05) is 11.7 Å². The molecule has 0 atom stereocenters. The van der Waals surface area contributed by atoms with Crippen LogP contribution >= 0.6 is 0 Å². The molecule has 6 nitrogen and oxygen atoms in total. The number of rotatable bonds is 5. The van der Waals surface area contributed by atoms with Gasteiger partial charge in [0.25, 0.3) is 5.91 Å². The maximum absolute atomic E-state index is 12.2. The number of amides is 1. The second kappa shape index (κ2) is 7.39. The number of imidazole rings is 1. The van der Waals surface area contributed by atoms with Crippen molar-refractivity contribution in [3.8, 4) is 5.69 Å². The summed E-state index contributed by atoms with van der Waals surface area (Å²) < 4.78 is 7.10. The van der Waals surface area contributed by atoms with Gasteiger partial charge in [-0.3, -0.25) is 9.36 Å². The fraction of sp³-hybridized carbons (Fsp3) is 0.250. The highest BCUT2D eigenvalue weighted by Gasteiger charge is 2.15. The van der Waals surface area contributed by atoms with E-state index in [4.69, 9.17) is 4.74 Å². The molecule has 0 aliphatic heterocycles. The molecule has 134 valence electrons. The van der Waals surface area contributed by atoms with Crippen molar-refractivity contribution in [1.82, 2.24) is 14.9 Å².